The zero-order chi connectivity index (χ0) is 12.3. The molecule has 3 nitrogen and oxygen atoms in total. The lowest BCUT2D eigenvalue weighted by molar-refractivity contribution is -0.115. The molecule has 0 atom stereocenters. The van der Waals surface area contributed by atoms with Crippen LogP contribution in [0.2, 0.25) is 5.02 Å². The quantitative estimate of drug-likeness (QED) is 0.839. The number of amides is 1. The largest absolute Gasteiger partial charge is 0.398 e. The van der Waals surface area contributed by atoms with E-state index < -0.39 is 0 Å². The number of carbonyl (C=O) groups excluding carboxylic acids is 1. The predicted octanol–water partition coefficient (Wildman–Crippen LogP) is 3.16. The van der Waals surface area contributed by atoms with E-state index in [0.29, 0.717) is 22.8 Å². The van der Waals surface area contributed by atoms with Gasteiger partial charge < -0.3 is 11.1 Å². The zero-order valence-electron chi connectivity index (χ0n) is 8.94. The molecule has 0 saturated carbocycles. The first-order valence-electron chi connectivity index (χ1n) is 5.01. The van der Waals surface area contributed by atoms with E-state index in [1.54, 1.807) is 29.5 Å². The highest BCUT2D eigenvalue weighted by atomic mass is 35.5. The summed E-state index contributed by atoms with van der Waals surface area (Å²) in [5, 5.41) is 7.12. The third-order valence-electron chi connectivity index (χ3n) is 2.23. The molecule has 1 amide bonds. The van der Waals surface area contributed by atoms with Gasteiger partial charge in [-0.1, -0.05) is 11.6 Å². The van der Waals surface area contributed by atoms with E-state index in [0.717, 1.165) is 5.56 Å². The first kappa shape index (κ1) is 12.0. The third-order valence-corrected chi connectivity index (χ3v) is 3.29. The molecule has 0 bridgehead atoms. The van der Waals surface area contributed by atoms with E-state index in [-0.39, 0.29) is 5.91 Å². The maximum absolute atomic E-state index is 11.7. The molecule has 0 aliphatic heterocycles. The lowest BCUT2D eigenvalue weighted by Gasteiger charge is -2.06. The molecule has 2 rings (SSSR count). The van der Waals surface area contributed by atoms with Crippen molar-refractivity contribution in [3.8, 4) is 0 Å². The average molecular weight is 267 g/mol. The summed E-state index contributed by atoms with van der Waals surface area (Å²) in [6.07, 6.45) is 0.367. The Morgan fingerprint density at radius 1 is 1.41 bits per heavy atom. The summed E-state index contributed by atoms with van der Waals surface area (Å²) in [4.78, 5) is 11.7. The van der Waals surface area contributed by atoms with Gasteiger partial charge in [0.15, 0.2) is 0 Å². The molecule has 1 aromatic carbocycles. The van der Waals surface area contributed by atoms with Gasteiger partial charge in [-0.05, 0) is 40.6 Å². The van der Waals surface area contributed by atoms with Crippen molar-refractivity contribution < 1.29 is 4.79 Å². The fourth-order valence-corrected chi connectivity index (χ4v) is 2.24. The second-order valence-electron chi connectivity index (χ2n) is 3.59. The predicted molar refractivity (Wildman–Crippen MR) is 72.5 cm³/mol. The standard InChI is InChI=1S/C12H11ClN2OS/c13-10-6-9(1-2-11(10)14)15-12(16)5-8-3-4-17-7-8/h1-4,6-7H,5,14H2,(H,15,16). The Bertz CT molecular complexity index is 525. The Balaban J connectivity index is 2.00. The molecule has 1 heterocycles. The molecule has 88 valence electrons. The number of benzene rings is 1. The first-order chi connectivity index (χ1) is 8.15. The fourth-order valence-electron chi connectivity index (χ4n) is 1.39. The van der Waals surface area contributed by atoms with E-state index in [9.17, 15) is 4.79 Å². The number of hydrogen-bond donors (Lipinski definition) is 2. The third kappa shape index (κ3) is 3.22. The highest BCUT2D eigenvalue weighted by molar-refractivity contribution is 7.08. The minimum Gasteiger partial charge on any atom is -0.398 e. The minimum atomic E-state index is -0.0655. The molecule has 0 aliphatic rings. The zero-order valence-corrected chi connectivity index (χ0v) is 10.5. The highest BCUT2D eigenvalue weighted by Gasteiger charge is 2.05. The summed E-state index contributed by atoms with van der Waals surface area (Å²) in [5.41, 5.74) is 7.75. The van der Waals surface area contributed by atoms with Crippen molar-refractivity contribution in [3.05, 3.63) is 45.6 Å². The molecule has 1 aromatic heterocycles. The summed E-state index contributed by atoms with van der Waals surface area (Å²) < 4.78 is 0. The molecule has 2 aromatic rings. The summed E-state index contributed by atoms with van der Waals surface area (Å²) >= 11 is 7.44. The Morgan fingerprint density at radius 3 is 2.88 bits per heavy atom. The van der Waals surface area contributed by atoms with Gasteiger partial charge in [0.05, 0.1) is 17.1 Å². The summed E-state index contributed by atoms with van der Waals surface area (Å²) in [7, 11) is 0. The van der Waals surface area contributed by atoms with Crippen molar-refractivity contribution in [1.82, 2.24) is 0 Å². The van der Waals surface area contributed by atoms with E-state index in [1.807, 2.05) is 16.8 Å². The van der Waals surface area contributed by atoms with Crippen LogP contribution in [0.4, 0.5) is 11.4 Å². The Labute approximate surface area is 108 Å². The van der Waals surface area contributed by atoms with Gasteiger partial charge in [0.1, 0.15) is 0 Å². The van der Waals surface area contributed by atoms with Crippen molar-refractivity contribution >= 4 is 40.2 Å². The van der Waals surface area contributed by atoms with Gasteiger partial charge in [-0.25, -0.2) is 0 Å². The molecule has 0 saturated heterocycles. The number of carbonyl (C=O) groups is 1. The van der Waals surface area contributed by atoms with Crippen LogP contribution in [0.5, 0.6) is 0 Å². The molecule has 17 heavy (non-hydrogen) atoms. The average Bonchev–Trinajstić information content (AvgIpc) is 2.76. The summed E-state index contributed by atoms with van der Waals surface area (Å²) in [6.45, 7) is 0. The molecule has 0 radical (unpaired) electrons. The van der Waals surface area contributed by atoms with Gasteiger partial charge in [-0.15, -0.1) is 0 Å². The number of nitrogen functional groups attached to an aromatic ring is 1. The number of hydrogen-bond acceptors (Lipinski definition) is 3. The SMILES string of the molecule is Nc1ccc(NC(=O)Cc2ccsc2)cc1Cl. The second-order valence-corrected chi connectivity index (χ2v) is 4.78. The minimum absolute atomic E-state index is 0.0655. The second kappa shape index (κ2) is 5.21. The van der Waals surface area contributed by atoms with Crippen LogP contribution in [0, 0.1) is 0 Å². The Morgan fingerprint density at radius 2 is 2.24 bits per heavy atom. The lowest BCUT2D eigenvalue weighted by atomic mass is 10.2. The molecular formula is C12H11ClN2OS. The number of nitrogens with two attached hydrogens (primary N) is 1. The number of anilines is 2. The van der Waals surface area contributed by atoms with Crippen LogP contribution in [0.25, 0.3) is 0 Å². The van der Waals surface area contributed by atoms with E-state index in [4.69, 9.17) is 17.3 Å². The van der Waals surface area contributed by atoms with Gasteiger partial charge >= 0.3 is 0 Å². The monoisotopic (exact) mass is 266 g/mol. The maximum Gasteiger partial charge on any atom is 0.228 e. The first-order valence-corrected chi connectivity index (χ1v) is 6.33. The van der Waals surface area contributed by atoms with Crippen LogP contribution in [0.1, 0.15) is 5.56 Å². The van der Waals surface area contributed by atoms with Crippen molar-refractivity contribution in [2.75, 3.05) is 11.1 Å². The van der Waals surface area contributed by atoms with E-state index in [1.165, 1.54) is 0 Å². The molecule has 0 unspecified atom stereocenters. The van der Waals surface area contributed by atoms with Gasteiger partial charge in [0.25, 0.3) is 0 Å². The molecule has 0 fully saturated rings. The van der Waals surface area contributed by atoms with Crippen LogP contribution >= 0.6 is 22.9 Å². The van der Waals surface area contributed by atoms with Crippen molar-refractivity contribution in [2.45, 2.75) is 6.42 Å². The van der Waals surface area contributed by atoms with Gasteiger partial charge in [0, 0.05) is 5.69 Å². The molecule has 3 N–H and O–H groups in total. The van der Waals surface area contributed by atoms with Crippen LogP contribution in [-0.4, -0.2) is 5.91 Å². The van der Waals surface area contributed by atoms with Gasteiger partial charge in [-0.3, -0.25) is 4.79 Å². The summed E-state index contributed by atoms with van der Waals surface area (Å²) in [6, 6.07) is 6.97. The fraction of sp³-hybridized carbons (Fsp3) is 0.0833. The Kier molecular flexibility index (Phi) is 3.66. The number of rotatable bonds is 3. The van der Waals surface area contributed by atoms with Gasteiger partial charge in [-0.2, -0.15) is 11.3 Å². The van der Waals surface area contributed by atoms with Crippen LogP contribution < -0.4 is 11.1 Å². The topological polar surface area (TPSA) is 55.1 Å². The lowest BCUT2D eigenvalue weighted by Crippen LogP contribution is -2.13. The van der Waals surface area contributed by atoms with Crippen molar-refractivity contribution in [2.24, 2.45) is 0 Å². The smallest absolute Gasteiger partial charge is 0.228 e. The van der Waals surface area contributed by atoms with Crippen LogP contribution in [0.3, 0.4) is 0 Å². The van der Waals surface area contributed by atoms with Gasteiger partial charge in [0.2, 0.25) is 5.91 Å². The molecule has 0 aliphatic carbocycles. The molecular weight excluding hydrogens is 256 g/mol. The number of halogens is 1. The maximum atomic E-state index is 11.7. The normalized spacial score (nSPS) is 10.2. The van der Waals surface area contributed by atoms with Crippen LogP contribution in [0.15, 0.2) is 35.0 Å². The highest BCUT2D eigenvalue weighted by Crippen LogP contribution is 2.22. The number of nitrogens with one attached hydrogen (secondary N) is 1. The van der Waals surface area contributed by atoms with Crippen LogP contribution in [-0.2, 0) is 11.2 Å². The molecule has 5 heteroatoms. The van der Waals surface area contributed by atoms with Crippen molar-refractivity contribution in [3.63, 3.8) is 0 Å². The molecule has 0 spiro atoms. The number of thiophene rings is 1. The van der Waals surface area contributed by atoms with E-state index >= 15 is 0 Å². The van der Waals surface area contributed by atoms with Crippen molar-refractivity contribution in [1.29, 1.82) is 0 Å². The summed E-state index contributed by atoms with van der Waals surface area (Å²) in [5.74, 6) is -0.0655. The van der Waals surface area contributed by atoms with E-state index in [2.05, 4.69) is 5.32 Å². The Hall–Kier alpha value is -1.52.